The van der Waals surface area contributed by atoms with E-state index in [2.05, 4.69) is 10.3 Å². The van der Waals surface area contributed by atoms with Crippen molar-refractivity contribution in [3.8, 4) is 5.69 Å². The number of nitrogens with one attached hydrogen (secondary N) is 1. The fourth-order valence-corrected chi connectivity index (χ4v) is 4.03. The Morgan fingerprint density at radius 3 is 2.72 bits per heavy atom. The van der Waals surface area contributed by atoms with Crippen molar-refractivity contribution in [1.82, 2.24) is 24.7 Å². The maximum absolute atomic E-state index is 13.0. The third-order valence-corrected chi connectivity index (χ3v) is 5.84. The quantitative estimate of drug-likeness (QED) is 0.702. The molecule has 8 heteroatoms. The van der Waals surface area contributed by atoms with Crippen LogP contribution in [0.15, 0.2) is 41.8 Å². The summed E-state index contributed by atoms with van der Waals surface area (Å²) in [5.74, 6) is 0.109. The van der Waals surface area contributed by atoms with Crippen LogP contribution in [-0.2, 0) is 4.79 Å². The van der Waals surface area contributed by atoms with Gasteiger partial charge in [-0.2, -0.15) is 0 Å². The Balaban J connectivity index is 1.58. The molecule has 1 N–H and O–H groups in total. The lowest BCUT2D eigenvalue weighted by Gasteiger charge is -2.31. The maximum Gasteiger partial charge on any atom is 0.253 e. The molecule has 0 unspecified atom stereocenters. The summed E-state index contributed by atoms with van der Waals surface area (Å²) >= 11 is 1.57. The summed E-state index contributed by atoms with van der Waals surface area (Å²) < 4.78 is 1.98. The Bertz CT molecular complexity index is 843. The maximum atomic E-state index is 13.0. The summed E-state index contributed by atoms with van der Waals surface area (Å²) in [6.07, 6.45) is 7.05. The Morgan fingerprint density at radius 1 is 1.28 bits per heavy atom. The van der Waals surface area contributed by atoms with Crippen molar-refractivity contribution >= 4 is 23.6 Å². The Hall–Kier alpha value is -2.32. The van der Waals surface area contributed by atoms with Gasteiger partial charge in [0.05, 0.1) is 0 Å². The normalized spacial score (nSPS) is 15.0. The molecule has 1 aliphatic rings. The van der Waals surface area contributed by atoms with Gasteiger partial charge in [-0.3, -0.25) is 14.2 Å². The van der Waals surface area contributed by atoms with Crippen molar-refractivity contribution in [3.05, 3.63) is 42.2 Å². The van der Waals surface area contributed by atoms with Crippen molar-refractivity contribution in [2.24, 2.45) is 5.92 Å². The summed E-state index contributed by atoms with van der Waals surface area (Å²) in [5, 5.41) is 3.88. The molecule has 2 heterocycles. The molecule has 1 aromatic carbocycles. The van der Waals surface area contributed by atoms with Crippen molar-refractivity contribution in [2.75, 3.05) is 46.5 Å². The average Bonchev–Trinajstić information content (AvgIpc) is 3.22. The van der Waals surface area contributed by atoms with Crippen LogP contribution in [0.1, 0.15) is 23.2 Å². The van der Waals surface area contributed by atoms with E-state index < -0.39 is 0 Å². The topological polar surface area (TPSA) is 70.5 Å². The molecule has 0 saturated carbocycles. The molecule has 1 aliphatic heterocycles. The number of hydrogen-bond acceptors (Lipinski definition) is 5. The van der Waals surface area contributed by atoms with Crippen molar-refractivity contribution in [2.45, 2.75) is 18.0 Å². The second kappa shape index (κ2) is 9.93. The zero-order valence-corrected chi connectivity index (χ0v) is 18.1. The highest BCUT2D eigenvalue weighted by molar-refractivity contribution is 7.98. The summed E-state index contributed by atoms with van der Waals surface area (Å²) in [6.45, 7) is 2.70. The van der Waals surface area contributed by atoms with E-state index in [0.717, 1.165) is 17.4 Å². The number of thioether (sulfide) groups is 1. The summed E-state index contributed by atoms with van der Waals surface area (Å²) in [6, 6.07) is 7.63. The van der Waals surface area contributed by atoms with E-state index in [1.54, 1.807) is 18.0 Å². The van der Waals surface area contributed by atoms with Gasteiger partial charge in [0, 0.05) is 55.7 Å². The molecular formula is C21H29N5O2S. The van der Waals surface area contributed by atoms with Crippen molar-refractivity contribution < 1.29 is 9.59 Å². The average molecular weight is 416 g/mol. The smallest absolute Gasteiger partial charge is 0.253 e. The van der Waals surface area contributed by atoms with E-state index in [1.807, 2.05) is 65.2 Å². The number of nitrogens with zero attached hydrogens (tertiary/aromatic N) is 4. The first kappa shape index (κ1) is 21.4. The van der Waals surface area contributed by atoms with Crippen LogP contribution >= 0.6 is 11.8 Å². The van der Waals surface area contributed by atoms with Crippen LogP contribution in [0.5, 0.6) is 0 Å². The number of piperidine rings is 1. The molecular weight excluding hydrogens is 386 g/mol. The van der Waals surface area contributed by atoms with Gasteiger partial charge in [0.2, 0.25) is 5.91 Å². The minimum absolute atomic E-state index is 0.0115. The number of rotatable bonds is 7. The third-order valence-electron chi connectivity index (χ3n) is 5.17. The van der Waals surface area contributed by atoms with Gasteiger partial charge in [-0.1, -0.05) is 17.8 Å². The monoisotopic (exact) mass is 415 g/mol. The molecule has 7 nitrogen and oxygen atoms in total. The van der Waals surface area contributed by atoms with E-state index in [1.165, 1.54) is 0 Å². The molecule has 2 amide bonds. The first-order chi connectivity index (χ1) is 14.0. The molecule has 0 atom stereocenters. The van der Waals surface area contributed by atoms with Gasteiger partial charge in [0.25, 0.3) is 5.91 Å². The molecule has 1 fully saturated rings. The summed E-state index contributed by atoms with van der Waals surface area (Å²) in [5.41, 5.74) is 1.59. The van der Waals surface area contributed by atoms with Crippen LogP contribution in [0.4, 0.5) is 0 Å². The highest BCUT2D eigenvalue weighted by atomic mass is 32.2. The zero-order valence-electron chi connectivity index (χ0n) is 17.3. The number of carbonyl (C=O) groups excluding carboxylic acids is 2. The summed E-state index contributed by atoms with van der Waals surface area (Å²) in [7, 11) is 3.97. The van der Waals surface area contributed by atoms with Gasteiger partial charge < -0.3 is 15.1 Å². The number of hydrogen-bond donors (Lipinski definition) is 1. The molecule has 3 rings (SSSR count). The second-order valence-electron chi connectivity index (χ2n) is 7.50. The van der Waals surface area contributed by atoms with Crippen LogP contribution in [0.2, 0.25) is 0 Å². The highest BCUT2D eigenvalue weighted by Crippen LogP contribution is 2.22. The molecule has 29 heavy (non-hydrogen) atoms. The van der Waals surface area contributed by atoms with Gasteiger partial charge in [0.1, 0.15) is 0 Å². The Labute approximate surface area is 176 Å². The van der Waals surface area contributed by atoms with E-state index in [4.69, 9.17) is 0 Å². The van der Waals surface area contributed by atoms with Gasteiger partial charge in [0.15, 0.2) is 5.16 Å². The Morgan fingerprint density at radius 2 is 2.03 bits per heavy atom. The van der Waals surface area contributed by atoms with E-state index in [0.29, 0.717) is 38.0 Å². The number of aromatic nitrogens is 2. The second-order valence-corrected chi connectivity index (χ2v) is 8.27. The van der Waals surface area contributed by atoms with Crippen LogP contribution in [0.3, 0.4) is 0 Å². The summed E-state index contributed by atoms with van der Waals surface area (Å²) in [4.78, 5) is 33.5. The molecule has 2 aromatic rings. The van der Waals surface area contributed by atoms with Crippen LogP contribution < -0.4 is 5.32 Å². The van der Waals surface area contributed by atoms with E-state index >= 15 is 0 Å². The minimum Gasteiger partial charge on any atom is -0.355 e. The number of carbonyl (C=O) groups is 2. The molecule has 1 saturated heterocycles. The standard InChI is InChI=1S/C21H29N5O2S/c1-24(2)13-9-22-19(27)16-7-11-25(12-8-16)20(28)17-5-4-6-18(15-17)26-14-10-23-21(26)29-3/h4-6,10,14-16H,7-9,11-13H2,1-3H3,(H,22,27). The highest BCUT2D eigenvalue weighted by Gasteiger charge is 2.27. The fourth-order valence-electron chi connectivity index (χ4n) is 3.50. The number of likely N-dealkylation sites (N-methyl/N-ethyl adjacent to an activating group) is 1. The largest absolute Gasteiger partial charge is 0.355 e. The number of imidazole rings is 1. The lowest BCUT2D eigenvalue weighted by Crippen LogP contribution is -2.44. The van der Waals surface area contributed by atoms with E-state index in [-0.39, 0.29) is 17.7 Å². The third kappa shape index (κ3) is 5.39. The van der Waals surface area contributed by atoms with Gasteiger partial charge in [-0.25, -0.2) is 4.98 Å². The SMILES string of the molecule is CSc1nccn1-c1cccc(C(=O)N2CCC(C(=O)NCCN(C)C)CC2)c1. The van der Waals surface area contributed by atoms with Crippen LogP contribution in [0, 0.1) is 5.92 Å². The van der Waals surface area contributed by atoms with Gasteiger partial charge >= 0.3 is 0 Å². The molecule has 1 aromatic heterocycles. The zero-order chi connectivity index (χ0) is 20.8. The molecule has 0 bridgehead atoms. The predicted molar refractivity (Wildman–Crippen MR) is 116 cm³/mol. The number of amides is 2. The molecule has 156 valence electrons. The minimum atomic E-state index is -0.0115. The van der Waals surface area contributed by atoms with Crippen molar-refractivity contribution in [1.29, 1.82) is 0 Å². The first-order valence-corrected chi connectivity index (χ1v) is 11.1. The van der Waals surface area contributed by atoms with Crippen LogP contribution in [-0.4, -0.2) is 77.7 Å². The van der Waals surface area contributed by atoms with Gasteiger partial charge in [-0.15, -0.1) is 0 Å². The lowest BCUT2D eigenvalue weighted by molar-refractivity contribution is -0.126. The molecule has 0 radical (unpaired) electrons. The van der Waals surface area contributed by atoms with E-state index in [9.17, 15) is 9.59 Å². The number of benzene rings is 1. The van der Waals surface area contributed by atoms with Gasteiger partial charge in [-0.05, 0) is 51.4 Å². The lowest BCUT2D eigenvalue weighted by atomic mass is 9.95. The first-order valence-electron chi connectivity index (χ1n) is 9.89. The fraction of sp³-hybridized carbons (Fsp3) is 0.476. The van der Waals surface area contributed by atoms with Crippen LogP contribution in [0.25, 0.3) is 5.69 Å². The van der Waals surface area contributed by atoms with Crippen molar-refractivity contribution in [3.63, 3.8) is 0 Å². The molecule has 0 aliphatic carbocycles. The molecule has 0 spiro atoms. The predicted octanol–water partition coefficient (Wildman–Crippen LogP) is 2.12. The Kier molecular flexibility index (Phi) is 7.33. The number of likely N-dealkylation sites (tertiary alicyclic amines) is 1.